The van der Waals surface area contributed by atoms with Gasteiger partial charge in [0.25, 0.3) is 0 Å². The molecule has 3 nitrogen and oxygen atoms in total. The van der Waals surface area contributed by atoms with Gasteiger partial charge in [0.2, 0.25) is 0 Å². The summed E-state index contributed by atoms with van der Waals surface area (Å²) in [4.78, 5) is 2.57. The fourth-order valence-electron chi connectivity index (χ4n) is 3.65. The predicted octanol–water partition coefficient (Wildman–Crippen LogP) is 4.62. The lowest BCUT2D eigenvalue weighted by atomic mass is 9.82. The quantitative estimate of drug-likeness (QED) is 0.836. The highest BCUT2D eigenvalue weighted by molar-refractivity contribution is 7.14. The zero-order valence-electron chi connectivity index (χ0n) is 14.0. The van der Waals surface area contributed by atoms with Crippen molar-refractivity contribution in [2.75, 3.05) is 30.5 Å². The van der Waals surface area contributed by atoms with Crippen LogP contribution in [0.25, 0.3) is 0 Å². The van der Waals surface area contributed by atoms with Gasteiger partial charge in [0.05, 0.1) is 17.1 Å². The summed E-state index contributed by atoms with van der Waals surface area (Å²) in [5, 5.41) is 7.34. The highest BCUT2D eigenvalue weighted by Crippen LogP contribution is 2.36. The van der Waals surface area contributed by atoms with Crippen molar-refractivity contribution in [2.24, 2.45) is 0 Å². The molecular weight excluding hydrogens is 304 g/mol. The Bertz CT molecular complexity index is 587. The largest absolute Gasteiger partial charge is 0.382 e. The highest BCUT2D eigenvalue weighted by atomic mass is 32.1. The fraction of sp³-hybridized carbons (Fsp3) is 0.474. The molecule has 1 aromatic heterocycles. The Morgan fingerprint density at radius 1 is 1.26 bits per heavy atom. The summed E-state index contributed by atoms with van der Waals surface area (Å²) in [6.45, 7) is 4.11. The molecule has 0 radical (unpaired) electrons. The maximum Gasteiger partial charge on any atom is 0.0910 e. The van der Waals surface area contributed by atoms with Crippen LogP contribution in [-0.4, -0.2) is 31.8 Å². The number of nitrogens with one attached hydrogen (secondary N) is 1. The van der Waals surface area contributed by atoms with E-state index < -0.39 is 0 Å². The first-order valence-corrected chi connectivity index (χ1v) is 9.26. The Balaban J connectivity index is 1.79. The summed E-state index contributed by atoms with van der Waals surface area (Å²) in [6, 6.07) is 15.4. The van der Waals surface area contributed by atoms with Gasteiger partial charge in [-0.2, -0.15) is 0 Å². The molecule has 1 saturated heterocycles. The van der Waals surface area contributed by atoms with Crippen LogP contribution in [-0.2, 0) is 4.74 Å². The number of nitrogens with zero attached hydrogens (tertiary/aromatic N) is 1. The monoisotopic (exact) mass is 330 g/mol. The summed E-state index contributed by atoms with van der Waals surface area (Å²) < 4.78 is 5.60. The summed E-state index contributed by atoms with van der Waals surface area (Å²) in [5.74, 6) is 0. The minimum absolute atomic E-state index is 0.0184. The molecule has 1 aromatic carbocycles. The standard InChI is InChI=1S/C19H26N2OS/c1-3-17-14-19(15-22-2,20-16-8-5-4-6-9-16)11-12-21(17)18-10-7-13-23-18/h4-10,13,17,20H,3,11-12,14-15H2,1-2H3. The van der Waals surface area contributed by atoms with E-state index in [0.717, 1.165) is 32.4 Å². The molecule has 0 saturated carbocycles. The van der Waals surface area contributed by atoms with Crippen LogP contribution in [0.4, 0.5) is 10.7 Å². The Labute approximate surface area is 143 Å². The average Bonchev–Trinajstić information content (AvgIpc) is 3.10. The van der Waals surface area contributed by atoms with E-state index in [4.69, 9.17) is 4.74 Å². The van der Waals surface area contributed by atoms with Crippen molar-refractivity contribution in [2.45, 2.75) is 37.8 Å². The first-order valence-electron chi connectivity index (χ1n) is 8.39. The van der Waals surface area contributed by atoms with Crippen LogP contribution in [0.5, 0.6) is 0 Å². The average molecular weight is 330 g/mol. The molecule has 2 heterocycles. The van der Waals surface area contributed by atoms with E-state index in [1.54, 1.807) is 7.11 Å². The lowest BCUT2D eigenvalue weighted by Gasteiger charge is -2.47. The van der Waals surface area contributed by atoms with Crippen molar-refractivity contribution in [3.05, 3.63) is 47.8 Å². The zero-order chi connectivity index (χ0) is 16.1. The Kier molecular flexibility index (Phi) is 5.23. The van der Waals surface area contributed by atoms with Crippen molar-refractivity contribution in [1.82, 2.24) is 0 Å². The topological polar surface area (TPSA) is 24.5 Å². The second-order valence-corrected chi connectivity index (χ2v) is 7.29. The number of anilines is 2. The number of ether oxygens (including phenoxy) is 1. The van der Waals surface area contributed by atoms with Gasteiger partial charge in [-0.15, -0.1) is 11.3 Å². The highest BCUT2D eigenvalue weighted by Gasteiger charge is 2.39. The number of hydrogen-bond donors (Lipinski definition) is 1. The van der Waals surface area contributed by atoms with E-state index in [2.05, 4.69) is 65.0 Å². The maximum absolute atomic E-state index is 5.60. The Morgan fingerprint density at radius 3 is 2.74 bits per heavy atom. The van der Waals surface area contributed by atoms with Gasteiger partial charge in [-0.05, 0) is 48.9 Å². The maximum atomic E-state index is 5.60. The molecule has 0 aliphatic carbocycles. The lowest BCUT2D eigenvalue weighted by molar-refractivity contribution is 0.118. The molecule has 2 atom stereocenters. The van der Waals surface area contributed by atoms with Gasteiger partial charge < -0.3 is 15.0 Å². The molecule has 4 heteroatoms. The van der Waals surface area contributed by atoms with E-state index in [9.17, 15) is 0 Å². The van der Waals surface area contributed by atoms with Crippen LogP contribution in [0.2, 0.25) is 0 Å². The minimum atomic E-state index is 0.0184. The third kappa shape index (κ3) is 3.70. The second-order valence-electron chi connectivity index (χ2n) is 6.37. The number of methoxy groups -OCH3 is 1. The van der Waals surface area contributed by atoms with E-state index in [-0.39, 0.29) is 5.54 Å². The van der Waals surface area contributed by atoms with Gasteiger partial charge in [-0.1, -0.05) is 25.1 Å². The second kappa shape index (κ2) is 7.37. The Hall–Kier alpha value is -1.52. The molecule has 2 unspecified atom stereocenters. The molecule has 1 fully saturated rings. The normalized spacial score (nSPS) is 24.6. The molecule has 23 heavy (non-hydrogen) atoms. The predicted molar refractivity (Wildman–Crippen MR) is 99.6 cm³/mol. The molecule has 0 bridgehead atoms. The molecular formula is C19H26N2OS. The van der Waals surface area contributed by atoms with Crippen LogP contribution >= 0.6 is 11.3 Å². The van der Waals surface area contributed by atoms with Gasteiger partial charge in [-0.3, -0.25) is 0 Å². The van der Waals surface area contributed by atoms with Crippen molar-refractivity contribution in [3.8, 4) is 0 Å². The van der Waals surface area contributed by atoms with E-state index in [1.807, 2.05) is 11.3 Å². The van der Waals surface area contributed by atoms with Gasteiger partial charge >= 0.3 is 0 Å². The van der Waals surface area contributed by atoms with Crippen LogP contribution in [0.15, 0.2) is 47.8 Å². The lowest BCUT2D eigenvalue weighted by Crippen LogP contribution is -2.56. The van der Waals surface area contributed by atoms with Crippen molar-refractivity contribution >= 4 is 22.0 Å². The number of para-hydroxylation sites is 1. The summed E-state index contributed by atoms with van der Waals surface area (Å²) in [6.07, 6.45) is 3.34. The molecule has 0 spiro atoms. The minimum Gasteiger partial charge on any atom is -0.382 e. The third-order valence-electron chi connectivity index (χ3n) is 4.76. The van der Waals surface area contributed by atoms with Gasteiger partial charge in [0.15, 0.2) is 0 Å². The van der Waals surface area contributed by atoms with E-state index in [0.29, 0.717) is 6.04 Å². The third-order valence-corrected chi connectivity index (χ3v) is 5.67. The van der Waals surface area contributed by atoms with Crippen molar-refractivity contribution in [3.63, 3.8) is 0 Å². The molecule has 124 valence electrons. The first kappa shape index (κ1) is 16.3. The number of piperidine rings is 1. The van der Waals surface area contributed by atoms with Crippen LogP contribution in [0, 0.1) is 0 Å². The summed E-state index contributed by atoms with van der Waals surface area (Å²) in [5.41, 5.74) is 1.20. The number of benzene rings is 1. The molecule has 2 aromatic rings. The molecule has 3 rings (SSSR count). The van der Waals surface area contributed by atoms with Crippen LogP contribution in [0.3, 0.4) is 0 Å². The number of thiophene rings is 1. The SMILES string of the molecule is CCC1CC(COC)(Nc2ccccc2)CCN1c1cccs1. The fourth-order valence-corrected chi connectivity index (χ4v) is 4.48. The number of rotatable bonds is 6. The summed E-state index contributed by atoms with van der Waals surface area (Å²) in [7, 11) is 1.81. The van der Waals surface area contributed by atoms with Crippen molar-refractivity contribution < 1.29 is 4.74 Å². The van der Waals surface area contributed by atoms with Gasteiger partial charge in [-0.25, -0.2) is 0 Å². The van der Waals surface area contributed by atoms with Crippen LogP contribution < -0.4 is 10.2 Å². The zero-order valence-corrected chi connectivity index (χ0v) is 14.8. The first-order chi connectivity index (χ1) is 11.3. The number of hydrogen-bond acceptors (Lipinski definition) is 4. The summed E-state index contributed by atoms with van der Waals surface area (Å²) >= 11 is 1.84. The smallest absolute Gasteiger partial charge is 0.0910 e. The van der Waals surface area contributed by atoms with Gasteiger partial charge in [0, 0.05) is 25.4 Å². The molecule has 1 N–H and O–H groups in total. The van der Waals surface area contributed by atoms with E-state index in [1.165, 1.54) is 10.7 Å². The molecule has 1 aliphatic heterocycles. The Morgan fingerprint density at radius 2 is 2.09 bits per heavy atom. The molecule has 1 aliphatic rings. The van der Waals surface area contributed by atoms with Crippen LogP contribution in [0.1, 0.15) is 26.2 Å². The van der Waals surface area contributed by atoms with Gasteiger partial charge in [0.1, 0.15) is 0 Å². The molecule has 0 amide bonds. The van der Waals surface area contributed by atoms with Crippen molar-refractivity contribution in [1.29, 1.82) is 0 Å². The van der Waals surface area contributed by atoms with E-state index >= 15 is 0 Å².